The van der Waals surface area contributed by atoms with Crippen molar-refractivity contribution in [3.05, 3.63) is 155 Å². The number of benzene rings is 4. The molecule has 0 saturated carbocycles. The molecule has 0 bridgehead atoms. The second-order valence-electron chi connectivity index (χ2n) is 17.3. The smallest absolute Gasteiger partial charge is 0 e. The van der Waals surface area contributed by atoms with Crippen molar-refractivity contribution in [2.75, 3.05) is 0 Å². The van der Waals surface area contributed by atoms with Gasteiger partial charge in [0.05, 0.1) is 23.1 Å². The SMILES string of the molecule is Cc1cc2nc(-c3[c-]nc4oc5cc(F)ccc5c4c3)n(-c3c(C(C)C)cccc3C(C)C)c2cn1.Cc1cccc(C)c1-c1cc(-c2[c-]cccc2)nc[c]1[Ge]([CH3])([CH3])[CH3].[Ir]. The summed E-state index contributed by atoms with van der Waals surface area (Å²) in [5, 5.41) is 1.60. The molecule has 6 nitrogen and oxygen atoms in total. The fraction of sp³-hybridized carbons (Fsp3) is 0.231. The maximum absolute atomic E-state index is 13.8. The number of hydrogen-bond acceptors (Lipinski definition) is 5. The largest absolute Gasteiger partial charge is 0 e. The van der Waals surface area contributed by atoms with E-state index >= 15 is 0 Å². The van der Waals surface area contributed by atoms with E-state index in [1.807, 2.05) is 43.5 Å². The van der Waals surface area contributed by atoms with Crippen LogP contribution in [0, 0.1) is 38.9 Å². The number of pyridine rings is 3. The molecule has 0 spiro atoms. The van der Waals surface area contributed by atoms with Crippen LogP contribution >= 0.6 is 0 Å². The maximum Gasteiger partial charge on any atom is 0 e. The third-order valence-electron chi connectivity index (χ3n) is 11.2. The summed E-state index contributed by atoms with van der Waals surface area (Å²) in [7, 11) is 0. The molecule has 1 radical (unpaired) electrons. The number of aromatic nitrogens is 5. The number of fused-ring (bicyclic) bond motifs is 4. The van der Waals surface area contributed by atoms with Crippen LogP contribution in [0.2, 0.25) is 17.3 Å². The zero-order chi connectivity index (χ0) is 42.5. The molecular weight excluding hydrogens is 994 g/mol. The van der Waals surface area contributed by atoms with Gasteiger partial charge in [-0.15, -0.1) is 6.07 Å². The number of hydrogen-bond donors (Lipinski definition) is 0. The van der Waals surface area contributed by atoms with E-state index in [0.717, 1.165) is 55.8 Å². The topological polar surface area (TPSA) is 69.6 Å². The minimum atomic E-state index is -2.04. The van der Waals surface area contributed by atoms with E-state index in [2.05, 4.69) is 140 Å². The summed E-state index contributed by atoms with van der Waals surface area (Å²) in [5.74, 6) is 8.30. The molecule has 0 aliphatic heterocycles. The molecule has 5 aromatic heterocycles. The number of nitrogens with zero attached hydrogens (tertiary/aromatic N) is 5. The molecule has 0 atom stereocenters. The van der Waals surface area contributed by atoms with Crippen molar-refractivity contribution in [2.24, 2.45) is 0 Å². The van der Waals surface area contributed by atoms with E-state index in [4.69, 9.17) is 14.4 Å². The number of aryl methyl sites for hydroxylation is 3. The zero-order valence-corrected chi connectivity index (χ0v) is 40.9. The Morgan fingerprint density at radius 2 is 1.44 bits per heavy atom. The molecule has 0 amide bonds. The van der Waals surface area contributed by atoms with Gasteiger partial charge in [-0.25, -0.2) is 4.39 Å². The Bertz CT molecular complexity index is 2990. The Morgan fingerprint density at radius 1 is 0.738 bits per heavy atom. The Hall–Kier alpha value is -5.28. The van der Waals surface area contributed by atoms with Gasteiger partial charge in [0.1, 0.15) is 17.1 Å². The Labute approximate surface area is 374 Å². The monoisotopic (exact) mass is 1050 g/mol. The fourth-order valence-corrected chi connectivity index (χ4v) is 11.2. The van der Waals surface area contributed by atoms with E-state index in [9.17, 15) is 4.39 Å². The van der Waals surface area contributed by atoms with E-state index in [1.54, 1.807) is 6.07 Å². The molecule has 0 aliphatic carbocycles. The van der Waals surface area contributed by atoms with Gasteiger partial charge in [-0.2, -0.15) is 0 Å². The zero-order valence-electron chi connectivity index (χ0n) is 36.4. The van der Waals surface area contributed by atoms with Crippen LogP contribution in [-0.4, -0.2) is 37.8 Å². The Kier molecular flexibility index (Phi) is 12.6. The molecule has 0 aliphatic rings. The van der Waals surface area contributed by atoms with Gasteiger partial charge in [-0.3, -0.25) is 9.97 Å². The van der Waals surface area contributed by atoms with Gasteiger partial charge in [0.2, 0.25) is 0 Å². The fourth-order valence-electron chi connectivity index (χ4n) is 8.16. The third kappa shape index (κ3) is 8.64. The van der Waals surface area contributed by atoms with E-state index < -0.39 is 13.3 Å². The minimum Gasteiger partial charge on any atom is 0 e. The van der Waals surface area contributed by atoms with Crippen LogP contribution in [0.1, 0.15) is 67.5 Å². The van der Waals surface area contributed by atoms with Crippen LogP contribution in [-0.2, 0) is 20.1 Å². The molecule has 0 fully saturated rings. The summed E-state index contributed by atoms with van der Waals surface area (Å²) in [6.45, 7) is 15.2. The van der Waals surface area contributed by atoms with Crippen LogP contribution in [0.25, 0.3) is 72.6 Å². The van der Waals surface area contributed by atoms with Gasteiger partial charge in [0.25, 0.3) is 0 Å². The molecule has 9 heteroatoms. The van der Waals surface area contributed by atoms with Crippen molar-refractivity contribution < 1.29 is 28.9 Å². The molecule has 0 unspecified atom stereocenters. The van der Waals surface area contributed by atoms with Crippen molar-refractivity contribution in [2.45, 2.75) is 77.6 Å². The molecule has 0 N–H and O–H groups in total. The predicted molar refractivity (Wildman–Crippen MR) is 247 cm³/mol. The number of para-hydroxylation sites is 1. The molecule has 0 saturated heterocycles. The van der Waals surface area contributed by atoms with Crippen LogP contribution < -0.4 is 4.40 Å². The van der Waals surface area contributed by atoms with Gasteiger partial charge >= 0.3 is 148 Å². The maximum atomic E-state index is 13.8. The molecule has 5 heterocycles. The average molecular weight is 1040 g/mol. The minimum absolute atomic E-state index is 0. The van der Waals surface area contributed by atoms with Crippen molar-refractivity contribution in [1.82, 2.24) is 24.5 Å². The number of imidazole rings is 1. The summed E-state index contributed by atoms with van der Waals surface area (Å²) in [6.07, 6.45) is 7.16. The van der Waals surface area contributed by atoms with Gasteiger partial charge in [-0.05, 0) is 59.7 Å². The van der Waals surface area contributed by atoms with Gasteiger partial charge < -0.3 is 14.0 Å². The van der Waals surface area contributed by atoms with Crippen LogP contribution in [0.3, 0.4) is 0 Å². The molecule has 4 aromatic carbocycles. The van der Waals surface area contributed by atoms with E-state index in [1.165, 1.54) is 49.9 Å². The number of halogens is 1. The summed E-state index contributed by atoms with van der Waals surface area (Å²) in [5.41, 5.74) is 15.4. The van der Waals surface area contributed by atoms with Crippen molar-refractivity contribution in [1.29, 1.82) is 0 Å². The van der Waals surface area contributed by atoms with Crippen molar-refractivity contribution >= 4 is 50.8 Å². The summed E-state index contributed by atoms with van der Waals surface area (Å²) >= 11 is -2.04. The quantitative estimate of drug-likeness (QED) is 0.117. The van der Waals surface area contributed by atoms with Crippen LogP contribution in [0.15, 0.2) is 114 Å². The average Bonchev–Trinajstić information content (AvgIpc) is 3.77. The summed E-state index contributed by atoms with van der Waals surface area (Å²) in [6, 6.07) is 35.2. The number of furan rings is 1. The first kappa shape index (κ1) is 43.8. The molecule has 9 aromatic rings. The summed E-state index contributed by atoms with van der Waals surface area (Å²) in [4.78, 5) is 18.9. The molecule has 9 rings (SSSR count). The summed E-state index contributed by atoms with van der Waals surface area (Å²) < 4.78 is 23.3. The predicted octanol–water partition coefficient (Wildman–Crippen LogP) is 13.3. The van der Waals surface area contributed by atoms with Crippen molar-refractivity contribution in [3.63, 3.8) is 0 Å². The van der Waals surface area contributed by atoms with Gasteiger partial charge in [0, 0.05) is 42.9 Å². The van der Waals surface area contributed by atoms with E-state index in [-0.39, 0.29) is 25.9 Å². The molecule has 311 valence electrons. The molecular formula is C52H50FGeIrN5O-2. The Morgan fingerprint density at radius 3 is 2.10 bits per heavy atom. The number of rotatable bonds is 7. The first-order valence-electron chi connectivity index (χ1n) is 20.6. The van der Waals surface area contributed by atoms with E-state index in [0.29, 0.717) is 23.1 Å². The van der Waals surface area contributed by atoms with Gasteiger partial charge in [0.15, 0.2) is 0 Å². The van der Waals surface area contributed by atoms with Crippen LogP contribution in [0.5, 0.6) is 0 Å². The molecule has 61 heavy (non-hydrogen) atoms. The third-order valence-corrected chi connectivity index (χ3v) is 15.4. The Balaban J connectivity index is 0.000000196. The first-order valence-corrected chi connectivity index (χ1v) is 28.0. The second-order valence-corrected chi connectivity index (χ2v) is 27.9. The second kappa shape index (κ2) is 17.6. The van der Waals surface area contributed by atoms with Crippen molar-refractivity contribution in [3.8, 4) is 39.5 Å². The first-order chi connectivity index (χ1) is 28.7. The van der Waals surface area contributed by atoms with Crippen LogP contribution in [0.4, 0.5) is 4.39 Å². The van der Waals surface area contributed by atoms with Gasteiger partial charge in [-0.1, -0.05) is 51.5 Å². The standard InChI is InChI=1S/C30H26FN4O.C22H24GeN.Ir/c1-16(2)21-7-6-8-22(17(3)4)28(21)35-26-15-32-18(5)11-25(26)34-29(35)19-12-24-23-10-9-20(31)13-27(23)36-30(24)33-14-19;1-16-10-9-11-17(2)22(16)19-14-21(18-12-7-6-8-13-18)24-15-20(19)23(3,4)5;/h6-13,15-17H,1-5H3;6-12,14-15H,1-5H3;/q2*-1;. The normalized spacial score (nSPS) is 11.7.